The van der Waals surface area contributed by atoms with Gasteiger partial charge in [0, 0.05) is 24.3 Å². The van der Waals surface area contributed by atoms with E-state index in [1.165, 1.54) is 5.56 Å². The van der Waals surface area contributed by atoms with E-state index in [-0.39, 0.29) is 11.8 Å². The van der Waals surface area contributed by atoms with Crippen molar-refractivity contribution in [3.8, 4) is 5.75 Å². The molecule has 0 aliphatic carbocycles. The van der Waals surface area contributed by atoms with E-state index in [4.69, 9.17) is 4.74 Å². The van der Waals surface area contributed by atoms with Crippen LogP contribution in [0.4, 0.5) is 5.69 Å². The summed E-state index contributed by atoms with van der Waals surface area (Å²) in [6, 6.07) is 24.5. The molecule has 0 bridgehead atoms. The van der Waals surface area contributed by atoms with Gasteiger partial charge in [-0.2, -0.15) is 0 Å². The molecule has 2 amide bonds. The Labute approximate surface area is 201 Å². The molecule has 0 heterocycles. The third-order valence-electron chi connectivity index (χ3n) is 5.55. The fraction of sp³-hybridized carbons (Fsp3) is 0.286. The Morgan fingerprint density at radius 1 is 0.912 bits per heavy atom. The van der Waals surface area contributed by atoms with Gasteiger partial charge in [0.15, 0.2) is 0 Å². The highest BCUT2D eigenvalue weighted by Crippen LogP contribution is 2.14. The summed E-state index contributed by atoms with van der Waals surface area (Å²) in [4.78, 5) is 25.7. The Morgan fingerprint density at radius 2 is 1.68 bits per heavy atom. The van der Waals surface area contributed by atoms with Crippen molar-refractivity contribution in [3.63, 3.8) is 0 Å². The van der Waals surface area contributed by atoms with Crippen LogP contribution in [0.25, 0.3) is 0 Å². The Bertz CT molecular complexity index is 1050. The number of methoxy groups -OCH3 is 1. The Morgan fingerprint density at radius 3 is 2.38 bits per heavy atom. The highest BCUT2D eigenvalue weighted by Gasteiger charge is 2.21. The van der Waals surface area contributed by atoms with Crippen molar-refractivity contribution in [2.24, 2.45) is 0 Å². The molecule has 1 atom stereocenters. The van der Waals surface area contributed by atoms with Crippen molar-refractivity contribution < 1.29 is 14.3 Å². The van der Waals surface area contributed by atoms with Crippen molar-refractivity contribution >= 4 is 17.5 Å². The van der Waals surface area contributed by atoms with Gasteiger partial charge in [0.25, 0.3) is 5.91 Å². The molecule has 0 radical (unpaired) electrons. The lowest BCUT2D eigenvalue weighted by atomic mass is 10.0. The first kappa shape index (κ1) is 24.8. The van der Waals surface area contributed by atoms with Crippen LogP contribution in [-0.2, 0) is 11.2 Å². The molecule has 0 aliphatic heterocycles. The molecule has 0 fully saturated rings. The van der Waals surface area contributed by atoms with Gasteiger partial charge in [-0.05, 0) is 68.1 Å². The van der Waals surface area contributed by atoms with Crippen molar-refractivity contribution in [2.75, 3.05) is 25.5 Å². The largest absolute Gasteiger partial charge is 0.497 e. The number of ether oxygens (including phenoxy) is 1. The fourth-order valence-corrected chi connectivity index (χ4v) is 3.68. The minimum Gasteiger partial charge on any atom is -0.497 e. The average molecular weight is 460 g/mol. The fourth-order valence-electron chi connectivity index (χ4n) is 3.68. The maximum Gasteiger partial charge on any atom is 0.251 e. The number of amides is 2. The zero-order chi connectivity index (χ0) is 24.2. The molecule has 3 rings (SSSR count). The molecule has 0 saturated carbocycles. The monoisotopic (exact) mass is 459 g/mol. The lowest BCUT2D eigenvalue weighted by Crippen LogP contribution is -2.47. The van der Waals surface area contributed by atoms with Crippen molar-refractivity contribution in [3.05, 3.63) is 95.6 Å². The van der Waals surface area contributed by atoms with E-state index >= 15 is 0 Å². The Balaban J connectivity index is 1.54. The van der Waals surface area contributed by atoms with E-state index in [1.54, 1.807) is 13.2 Å². The summed E-state index contributed by atoms with van der Waals surface area (Å²) in [6.45, 7) is 2.96. The number of benzene rings is 3. The summed E-state index contributed by atoms with van der Waals surface area (Å²) in [5.74, 6) is 0.382. The van der Waals surface area contributed by atoms with Crippen LogP contribution in [0.1, 0.15) is 34.3 Å². The van der Waals surface area contributed by atoms with Crippen LogP contribution in [0.5, 0.6) is 5.75 Å². The minimum atomic E-state index is -0.599. The number of rotatable bonds is 12. The number of anilines is 1. The number of nitrogens with one attached hydrogen (secondary N) is 3. The van der Waals surface area contributed by atoms with E-state index in [0.717, 1.165) is 29.8 Å². The normalized spacial score (nSPS) is 11.4. The van der Waals surface area contributed by atoms with Gasteiger partial charge in [-0.3, -0.25) is 9.59 Å². The van der Waals surface area contributed by atoms with Crippen LogP contribution in [0, 0.1) is 6.92 Å². The van der Waals surface area contributed by atoms with Gasteiger partial charge in [-0.1, -0.05) is 48.0 Å². The van der Waals surface area contributed by atoms with E-state index in [2.05, 4.69) is 28.1 Å². The summed E-state index contributed by atoms with van der Waals surface area (Å²) >= 11 is 0. The van der Waals surface area contributed by atoms with Gasteiger partial charge < -0.3 is 20.7 Å². The van der Waals surface area contributed by atoms with Crippen LogP contribution in [0.2, 0.25) is 0 Å². The third-order valence-corrected chi connectivity index (χ3v) is 5.55. The first-order chi connectivity index (χ1) is 16.5. The molecule has 34 heavy (non-hydrogen) atoms. The second-order valence-electron chi connectivity index (χ2n) is 8.22. The quantitative estimate of drug-likeness (QED) is 0.352. The average Bonchev–Trinajstić information content (AvgIpc) is 2.86. The van der Waals surface area contributed by atoms with Crippen LogP contribution in [0.15, 0.2) is 78.9 Å². The zero-order valence-electron chi connectivity index (χ0n) is 19.8. The lowest BCUT2D eigenvalue weighted by Gasteiger charge is -2.19. The molecule has 6 heteroatoms. The van der Waals surface area contributed by atoms with Crippen LogP contribution in [0.3, 0.4) is 0 Å². The molecule has 3 aromatic carbocycles. The topological polar surface area (TPSA) is 79.5 Å². The molecule has 6 nitrogen and oxygen atoms in total. The van der Waals surface area contributed by atoms with Gasteiger partial charge in [0.2, 0.25) is 5.91 Å². The molecular formula is C28H33N3O3. The summed E-state index contributed by atoms with van der Waals surface area (Å²) < 4.78 is 5.16. The minimum absolute atomic E-state index is 0.175. The standard InChI is InChI=1S/C28H33N3O3/c1-21-8-6-12-23(20-21)27(32)31-26(13-7-11-22-9-4-3-5-10-22)28(33)30-19-18-29-24-14-16-25(34-2)17-15-24/h3-6,8-10,12,14-17,20,26,29H,7,11,13,18-19H2,1-2H3,(H,30,33)(H,31,32)/t26-/m0/s1. The molecule has 0 saturated heterocycles. The van der Waals surface area contributed by atoms with Gasteiger partial charge in [-0.15, -0.1) is 0 Å². The molecule has 178 valence electrons. The van der Waals surface area contributed by atoms with E-state index < -0.39 is 6.04 Å². The van der Waals surface area contributed by atoms with Crippen LogP contribution < -0.4 is 20.7 Å². The van der Waals surface area contributed by atoms with Gasteiger partial charge in [0.05, 0.1) is 7.11 Å². The first-order valence-corrected chi connectivity index (χ1v) is 11.6. The second-order valence-corrected chi connectivity index (χ2v) is 8.22. The number of carbonyl (C=O) groups excluding carboxylic acids is 2. The maximum absolute atomic E-state index is 12.9. The molecule has 3 aromatic rings. The van der Waals surface area contributed by atoms with Gasteiger partial charge >= 0.3 is 0 Å². The predicted molar refractivity (Wildman–Crippen MR) is 136 cm³/mol. The SMILES string of the molecule is COc1ccc(NCCNC(=O)[C@H](CCCc2ccccc2)NC(=O)c2cccc(C)c2)cc1. The van der Waals surface area contributed by atoms with Crippen LogP contribution in [-0.4, -0.2) is 38.1 Å². The molecule has 0 aliphatic rings. The van der Waals surface area contributed by atoms with Crippen LogP contribution >= 0.6 is 0 Å². The molecule has 0 spiro atoms. The summed E-state index contributed by atoms with van der Waals surface area (Å²) in [5.41, 5.74) is 3.72. The molecule has 3 N–H and O–H groups in total. The van der Waals surface area contributed by atoms with Crippen molar-refractivity contribution in [1.29, 1.82) is 0 Å². The van der Waals surface area contributed by atoms with E-state index in [0.29, 0.717) is 25.1 Å². The maximum atomic E-state index is 12.9. The molecule has 0 aromatic heterocycles. The lowest BCUT2D eigenvalue weighted by molar-refractivity contribution is -0.123. The number of carbonyl (C=O) groups is 2. The summed E-state index contributed by atoms with van der Waals surface area (Å²) in [5, 5.41) is 9.15. The van der Waals surface area contributed by atoms with E-state index in [1.807, 2.05) is 67.6 Å². The van der Waals surface area contributed by atoms with Crippen molar-refractivity contribution in [1.82, 2.24) is 10.6 Å². The smallest absolute Gasteiger partial charge is 0.251 e. The number of hydrogen-bond donors (Lipinski definition) is 3. The number of hydrogen-bond acceptors (Lipinski definition) is 4. The summed E-state index contributed by atoms with van der Waals surface area (Å²) in [6.07, 6.45) is 2.20. The zero-order valence-corrected chi connectivity index (χ0v) is 19.8. The number of aryl methyl sites for hydroxylation is 2. The molecular weight excluding hydrogens is 426 g/mol. The second kappa shape index (κ2) is 13.0. The third kappa shape index (κ3) is 7.96. The summed E-state index contributed by atoms with van der Waals surface area (Å²) in [7, 11) is 1.63. The first-order valence-electron chi connectivity index (χ1n) is 11.6. The Kier molecular flexibility index (Phi) is 9.52. The highest BCUT2D eigenvalue weighted by atomic mass is 16.5. The van der Waals surface area contributed by atoms with Crippen molar-refractivity contribution in [2.45, 2.75) is 32.2 Å². The highest BCUT2D eigenvalue weighted by molar-refractivity contribution is 5.97. The van der Waals surface area contributed by atoms with Gasteiger partial charge in [0.1, 0.15) is 11.8 Å². The van der Waals surface area contributed by atoms with Gasteiger partial charge in [-0.25, -0.2) is 0 Å². The van der Waals surface area contributed by atoms with E-state index in [9.17, 15) is 9.59 Å². The Hall–Kier alpha value is -3.80. The predicted octanol–water partition coefficient (Wildman–Crippen LogP) is 4.35. The molecule has 0 unspecified atom stereocenters.